The summed E-state index contributed by atoms with van der Waals surface area (Å²) in [4.78, 5) is 16.4. The number of carbonyl (C=O) groups excluding carboxylic acids is 1. The molecule has 118 valence electrons. The number of rotatable bonds is 4. The molecule has 0 saturated carbocycles. The molecule has 0 aliphatic heterocycles. The number of pyridine rings is 1. The highest BCUT2D eigenvalue weighted by Gasteiger charge is 2.19. The molecule has 0 unspecified atom stereocenters. The van der Waals surface area contributed by atoms with E-state index in [2.05, 4.69) is 10.3 Å². The number of carbonyl (C=O) groups is 1. The zero-order valence-corrected chi connectivity index (χ0v) is 12.9. The maximum absolute atomic E-state index is 12.3. The second-order valence-electron chi connectivity index (χ2n) is 5.34. The first-order valence-electron chi connectivity index (χ1n) is 7.25. The number of fused-ring (bicyclic) bond motifs is 1. The molecule has 1 amide bonds. The maximum Gasteiger partial charge on any atom is 0.293 e. The fraction of sp³-hybridized carbons (Fsp3) is 0.176. The van der Waals surface area contributed by atoms with Crippen LogP contribution in [0.1, 0.15) is 24.4 Å². The molecule has 0 fully saturated rings. The Morgan fingerprint density at radius 1 is 1.26 bits per heavy atom. The van der Waals surface area contributed by atoms with Gasteiger partial charge in [0.25, 0.3) is 5.91 Å². The van der Waals surface area contributed by atoms with Gasteiger partial charge in [-0.15, -0.1) is 0 Å². The standard InChI is InChI=1S/C17H17N3O3/c1-10(2)22-12-7-5-11(6-8-12)20-17(21)16-14(18)15-13(23-16)4-3-9-19-15/h3-10H,18H2,1-2H3,(H,20,21). The van der Waals surface area contributed by atoms with E-state index in [4.69, 9.17) is 14.9 Å². The molecule has 0 spiro atoms. The Kier molecular flexibility index (Phi) is 3.89. The number of aromatic nitrogens is 1. The van der Waals surface area contributed by atoms with Crippen molar-refractivity contribution in [2.24, 2.45) is 0 Å². The average molecular weight is 311 g/mol. The van der Waals surface area contributed by atoms with Gasteiger partial charge in [0.2, 0.25) is 5.76 Å². The molecule has 2 aromatic heterocycles. The molecule has 0 aliphatic rings. The Labute approximate surface area is 133 Å². The van der Waals surface area contributed by atoms with Crippen molar-refractivity contribution < 1.29 is 13.9 Å². The third-order valence-electron chi connectivity index (χ3n) is 3.17. The smallest absolute Gasteiger partial charge is 0.293 e. The summed E-state index contributed by atoms with van der Waals surface area (Å²) in [5, 5.41) is 2.74. The number of hydrogen-bond donors (Lipinski definition) is 2. The van der Waals surface area contributed by atoms with E-state index in [0.29, 0.717) is 16.8 Å². The Morgan fingerprint density at radius 3 is 2.65 bits per heavy atom. The van der Waals surface area contributed by atoms with Crippen LogP contribution in [0.2, 0.25) is 0 Å². The SMILES string of the molecule is CC(C)Oc1ccc(NC(=O)c2oc3cccnc3c2N)cc1. The van der Waals surface area contributed by atoms with Crippen LogP contribution in [0.4, 0.5) is 11.4 Å². The van der Waals surface area contributed by atoms with E-state index >= 15 is 0 Å². The van der Waals surface area contributed by atoms with Gasteiger partial charge < -0.3 is 20.2 Å². The number of nitrogen functional groups attached to an aromatic ring is 1. The lowest BCUT2D eigenvalue weighted by Crippen LogP contribution is -2.12. The molecule has 3 aromatic rings. The summed E-state index contributed by atoms with van der Waals surface area (Å²) in [5.41, 5.74) is 7.76. The molecule has 3 rings (SSSR count). The van der Waals surface area contributed by atoms with Crippen LogP contribution in [-0.2, 0) is 0 Å². The van der Waals surface area contributed by atoms with Gasteiger partial charge in [-0.1, -0.05) is 0 Å². The van der Waals surface area contributed by atoms with Crippen molar-refractivity contribution >= 4 is 28.4 Å². The number of anilines is 2. The largest absolute Gasteiger partial charge is 0.491 e. The third kappa shape index (κ3) is 3.11. The number of ether oxygens (including phenoxy) is 1. The van der Waals surface area contributed by atoms with Crippen LogP contribution in [0.5, 0.6) is 5.75 Å². The van der Waals surface area contributed by atoms with E-state index < -0.39 is 5.91 Å². The maximum atomic E-state index is 12.3. The second-order valence-corrected chi connectivity index (χ2v) is 5.34. The predicted octanol–water partition coefficient (Wildman–Crippen LogP) is 3.45. The van der Waals surface area contributed by atoms with Gasteiger partial charge in [0, 0.05) is 11.9 Å². The first kappa shape index (κ1) is 14.9. The molecular weight excluding hydrogens is 294 g/mol. The van der Waals surface area contributed by atoms with Crippen LogP contribution in [0.25, 0.3) is 11.1 Å². The minimum atomic E-state index is -0.418. The van der Waals surface area contributed by atoms with Crippen LogP contribution in [-0.4, -0.2) is 17.0 Å². The van der Waals surface area contributed by atoms with Gasteiger partial charge in [0.05, 0.1) is 6.10 Å². The number of nitrogens with two attached hydrogens (primary N) is 1. The second kappa shape index (κ2) is 6.00. The first-order chi connectivity index (χ1) is 11.0. The van der Waals surface area contributed by atoms with Gasteiger partial charge in [0.1, 0.15) is 17.0 Å². The van der Waals surface area contributed by atoms with Crippen molar-refractivity contribution in [1.82, 2.24) is 4.98 Å². The summed E-state index contributed by atoms with van der Waals surface area (Å²) < 4.78 is 11.0. The van der Waals surface area contributed by atoms with Crippen molar-refractivity contribution in [1.29, 1.82) is 0 Å². The van der Waals surface area contributed by atoms with E-state index in [1.807, 2.05) is 13.8 Å². The number of furan rings is 1. The van der Waals surface area contributed by atoms with Crippen molar-refractivity contribution in [3.63, 3.8) is 0 Å². The normalized spacial score (nSPS) is 10.9. The van der Waals surface area contributed by atoms with Crippen LogP contribution in [0.15, 0.2) is 47.0 Å². The van der Waals surface area contributed by atoms with Gasteiger partial charge in [-0.3, -0.25) is 9.78 Å². The molecule has 23 heavy (non-hydrogen) atoms. The minimum Gasteiger partial charge on any atom is -0.491 e. The molecule has 0 radical (unpaired) electrons. The monoisotopic (exact) mass is 311 g/mol. The fourth-order valence-corrected chi connectivity index (χ4v) is 2.19. The average Bonchev–Trinajstić information content (AvgIpc) is 2.86. The Balaban J connectivity index is 1.79. The summed E-state index contributed by atoms with van der Waals surface area (Å²) in [6.45, 7) is 3.90. The highest BCUT2D eigenvalue weighted by Crippen LogP contribution is 2.27. The van der Waals surface area contributed by atoms with Crippen LogP contribution < -0.4 is 15.8 Å². The number of amides is 1. The van der Waals surface area contributed by atoms with Crippen LogP contribution >= 0.6 is 0 Å². The summed E-state index contributed by atoms with van der Waals surface area (Å²) >= 11 is 0. The summed E-state index contributed by atoms with van der Waals surface area (Å²) in [6.07, 6.45) is 1.70. The molecule has 0 saturated heterocycles. The molecule has 0 atom stereocenters. The van der Waals surface area contributed by atoms with Crippen molar-refractivity contribution in [2.45, 2.75) is 20.0 Å². The molecule has 2 heterocycles. The fourth-order valence-electron chi connectivity index (χ4n) is 2.19. The quantitative estimate of drug-likeness (QED) is 0.770. The van der Waals surface area contributed by atoms with Gasteiger partial charge in [-0.25, -0.2) is 0 Å². The molecular formula is C17H17N3O3. The molecule has 1 aromatic carbocycles. The van der Waals surface area contributed by atoms with Gasteiger partial charge in [-0.05, 0) is 50.2 Å². The number of benzene rings is 1. The lowest BCUT2D eigenvalue weighted by Gasteiger charge is -2.10. The zero-order valence-electron chi connectivity index (χ0n) is 12.9. The summed E-state index contributed by atoms with van der Waals surface area (Å²) in [6, 6.07) is 10.5. The predicted molar refractivity (Wildman–Crippen MR) is 88.6 cm³/mol. The molecule has 6 nitrogen and oxygen atoms in total. The van der Waals surface area contributed by atoms with Gasteiger partial charge in [0.15, 0.2) is 5.58 Å². The Hall–Kier alpha value is -3.02. The lowest BCUT2D eigenvalue weighted by atomic mass is 10.2. The van der Waals surface area contributed by atoms with Crippen LogP contribution in [0, 0.1) is 0 Å². The minimum absolute atomic E-state index is 0.0567. The third-order valence-corrected chi connectivity index (χ3v) is 3.17. The van der Waals surface area contributed by atoms with Gasteiger partial charge in [-0.2, -0.15) is 0 Å². The number of nitrogens with zero attached hydrogens (tertiary/aromatic N) is 1. The number of nitrogens with one attached hydrogen (secondary N) is 1. The van der Waals surface area contributed by atoms with Crippen LogP contribution in [0.3, 0.4) is 0 Å². The van der Waals surface area contributed by atoms with Crippen molar-refractivity contribution in [2.75, 3.05) is 11.1 Å². The molecule has 0 bridgehead atoms. The number of hydrogen-bond acceptors (Lipinski definition) is 5. The van der Waals surface area contributed by atoms with Gasteiger partial charge >= 0.3 is 0 Å². The summed E-state index contributed by atoms with van der Waals surface area (Å²) in [7, 11) is 0. The lowest BCUT2D eigenvalue weighted by molar-refractivity contribution is 0.1000. The molecule has 3 N–H and O–H groups in total. The van der Waals surface area contributed by atoms with E-state index in [1.165, 1.54) is 0 Å². The first-order valence-corrected chi connectivity index (χ1v) is 7.25. The molecule has 6 heteroatoms. The van der Waals surface area contributed by atoms with E-state index in [0.717, 1.165) is 5.75 Å². The highest BCUT2D eigenvalue weighted by molar-refractivity contribution is 6.10. The van der Waals surface area contributed by atoms with E-state index in [-0.39, 0.29) is 17.6 Å². The molecule has 0 aliphatic carbocycles. The van der Waals surface area contributed by atoms with Crippen molar-refractivity contribution in [3.8, 4) is 5.75 Å². The summed E-state index contributed by atoms with van der Waals surface area (Å²) in [5.74, 6) is 0.379. The van der Waals surface area contributed by atoms with Crippen molar-refractivity contribution in [3.05, 3.63) is 48.4 Å². The topological polar surface area (TPSA) is 90.4 Å². The Morgan fingerprint density at radius 2 is 2.00 bits per heavy atom. The zero-order chi connectivity index (χ0) is 16.4. The van der Waals surface area contributed by atoms with E-state index in [9.17, 15) is 4.79 Å². The van der Waals surface area contributed by atoms with E-state index in [1.54, 1.807) is 42.6 Å². The Bertz CT molecular complexity index is 838. The highest BCUT2D eigenvalue weighted by atomic mass is 16.5.